The molecule has 0 bridgehead atoms. The highest BCUT2D eigenvalue weighted by Crippen LogP contribution is 2.32. The Kier molecular flexibility index (Phi) is 4.63. The third kappa shape index (κ3) is 3.27. The Morgan fingerprint density at radius 3 is 2.00 bits per heavy atom. The summed E-state index contributed by atoms with van der Waals surface area (Å²) >= 11 is 8.03. The first-order chi connectivity index (χ1) is 9.20. The maximum Gasteiger partial charge on any atom is 0.271 e. The van der Waals surface area contributed by atoms with Crippen LogP contribution < -0.4 is 4.72 Å². The lowest BCUT2D eigenvalue weighted by molar-refractivity contribution is 0.603. The smallest absolute Gasteiger partial charge is 0.271 e. The molecule has 1 N–H and O–H groups in total. The van der Waals surface area contributed by atoms with Gasteiger partial charge in [0.25, 0.3) is 10.0 Å². The van der Waals surface area contributed by atoms with Crippen molar-refractivity contribution in [1.82, 2.24) is 0 Å². The predicted molar refractivity (Wildman–Crippen MR) is 91.2 cm³/mol. The molecule has 0 aliphatic rings. The Morgan fingerprint density at radius 2 is 1.55 bits per heavy atom. The number of halogens is 2. The van der Waals surface area contributed by atoms with Crippen LogP contribution >= 0.6 is 43.2 Å². The highest BCUT2D eigenvalue weighted by Gasteiger charge is 2.19. The molecule has 0 aliphatic carbocycles. The Bertz CT molecular complexity index is 724. The molecule has 0 spiro atoms. The van der Waals surface area contributed by atoms with Crippen LogP contribution in [-0.4, -0.2) is 8.42 Å². The molecule has 7 heteroatoms. The number of anilines is 1. The van der Waals surface area contributed by atoms with Crippen LogP contribution in [0.4, 0.5) is 5.69 Å². The quantitative estimate of drug-likeness (QED) is 0.732. The van der Waals surface area contributed by atoms with E-state index in [1.807, 2.05) is 32.9 Å². The summed E-state index contributed by atoms with van der Waals surface area (Å²) in [5.41, 5.74) is 3.47. The van der Waals surface area contributed by atoms with Gasteiger partial charge in [-0.15, -0.1) is 11.3 Å². The maximum atomic E-state index is 12.3. The summed E-state index contributed by atoms with van der Waals surface area (Å²) < 4.78 is 29.4. The minimum Gasteiger partial charge on any atom is -0.279 e. The van der Waals surface area contributed by atoms with Gasteiger partial charge in [0.1, 0.15) is 4.21 Å². The number of nitrogens with one attached hydrogen (secondary N) is 1. The standard InChI is InChI=1S/C13H13Br2NO2S2/c1-7-4-10(5-8(2)12(7)14)16-20(17,18)11-6-9(3)13(15)19-11/h4-6,16H,1-3H3. The van der Waals surface area contributed by atoms with Crippen LogP contribution in [0.15, 0.2) is 30.7 Å². The molecular formula is C13H13Br2NO2S2. The zero-order valence-corrected chi connectivity index (χ0v) is 15.9. The van der Waals surface area contributed by atoms with Crippen molar-refractivity contribution in [3.63, 3.8) is 0 Å². The van der Waals surface area contributed by atoms with E-state index in [0.717, 1.165) is 24.9 Å². The molecule has 3 nitrogen and oxygen atoms in total. The van der Waals surface area contributed by atoms with Crippen molar-refractivity contribution in [1.29, 1.82) is 0 Å². The summed E-state index contributed by atoms with van der Waals surface area (Å²) in [6.45, 7) is 5.73. The minimum atomic E-state index is -3.54. The Labute approximate surface area is 139 Å². The lowest BCUT2D eigenvalue weighted by Crippen LogP contribution is -2.11. The summed E-state index contributed by atoms with van der Waals surface area (Å²) in [6.07, 6.45) is 0. The topological polar surface area (TPSA) is 46.2 Å². The van der Waals surface area contributed by atoms with Gasteiger partial charge in [-0.3, -0.25) is 4.72 Å². The molecular weight excluding hydrogens is 426 g/mol. The third-order valence-corrected chi connectivity index (χ3v) is 8.03. The molecule has 1 aromatic carbocycles. The lowest BCUT2D eigenvalue weighted by Gasteiger charge is -2.10. The number of hydrogen-bond acceptors (Lipinski definition) is 3. The van der Waals surface area contributed by atoms with Crippen molar-refractivity contribution in [2.75, 3.05) is 4.72 Å². The van der Waals surface area contributed by atoms with E-state index < -0.39 is 10.0 Å². The Hall–Kier alpha value is -0.370. The SMILES string of the molecule is Cc1cc(S(=O)(=O)Nc2cc(C)c(Br)c(C)c2)sc1Br. The zero-order valence-electron chi connectivity index (χ0n) is 11.1. The molecule has 0 fully saturated rings. The molecule has 108 valence electrons. The average Bonchev–Trinajstić information content (AvgIpc) is 2.67. The van der Waals surface area contributed by atoms with E-state index in [1.54, 1.807) is 6.07 Å². The van der Waals surface area contributed by atoms with E-state index in [4.69, 9.17) is 0 Å². The molecule has 0 unspecified atom stereocenters. The number of sulfonamides is 1. The van der Waals surface area contributed by atoms with Crippen LogP contribution in [0.3, 0.4) is 0 Å². The second-order valence-electron chi connectivity index (χ2n) is 4.55. The fourth-order valence-electron chi connectivity index (χ4n) is 1.77. The van der Waals surface area contributed by atoms with Crippen molar-refractivity contribution in [2.45, 2.75) is 25.0 Å². The van der Waals surface area contributed by atoms with Crippen LogP contribution in [0.2, 0.25) is 0 Å². The van der Waals surface area contributed by atoms with Crippen molar-refractivity contribution < 1.29 is 8.42 Å². The van der Waals surface area contributed by atoms with E-state index in [2.05, 4.69) is 36.6 Å². The number of benzene rings is 1. The first-order valence-electron chi connectivity index (χ1n) is 5.76. The van der Waals surface area contributed by atoms with Crippen LogP contribution in [-0.2, 0) is 10.0 Å². The fraction of sp³-hybridized carbons (Fsp3) is 0.231. The van der Waals surface area contributed by atoms with E-state index in [-0.39, 0.29) is 0 Å². The van der Waals surface area contributed by atoms with Gasteiger partial charge in [0.15, 0.2) is 0 Å². The van der Waals surface area contributed by atoms with Gasteiger partial charge < -0.3 is 0 Å². The number of hydrogen-bond donors (Lipinski definition) is 1. The maximum absolute atomic E-state index is 12.3. The van der Waals surface area contributed by atoms with E-state index in [1.165, 1.54) is 11.3 Å². The Balaban J connectivity index is 2.38. The normalized spacial score (nSPS) is 11.7. The van der Waals surface area contributed by atoms with Crippen LogP contribution in [0.25, 0.3) is 0 Å². The third-order valence-electron chi connectivity index (χ3n) is 2.79. The molecule has 2 aromatic rings. The summed E-state index contributed by atoms with van der Waals surface area (Å²) in [5, 5.41) is 0. The van der Waals surface area contributed by atoms with Gasteiger partial charge in [-0.05, 0) is 71.6 Å². The second kappa shape index (κ2) is 5.79. The minimum absolute atomic E-state index is 0.306. The van der Waals surface area contributed by atoms with Gasteiger partial charge in [-0.2, -0.15) is 0 Å². The number of thiophene rings is 1. The van der Waals surface area contributed by atoms with Crippen molar-refractivity contribution in [3.8, 4) is 0 Å². The Morgan fingerprint density at radius 1 is 1.00 bits per heavy atom. The monoisotopic (exact) mass is 437 g/mol. The summed E-state index contributed by atoms with van der Waals surface area (Å²) in [4.78, 5) is 0. The molecule has 0 saturated carbocycles. The van der Waals surface area contributed by atoms with Gasteiger partial charge in [-0.25, -0.2) is 8.42 Å². The summed E-state index contributed by atoms with van der Waals surface area (Å²) in [7, 11) is -3.54. The molecule has 0 radical (unpaired) electrons. The highest BCUT2D eigenvalue weighted by atomic mass is 79.9. The summed E-state index contributed by atoms with van der Waals surface area (Å²) in [6, 6.07) is 5.28. The molecule has 0 amide bonds. The van der Waals surface area contributed by atoms with Crippen molar-refractivity contribution >= 4 is 58.9 Å². The van der Waals surface area contributed by atoms with E-state index >= 15 is 0 Å². The first-order valence-corrected chi connectivity index (χ1v) is 9.65. The molecule has 20 heavy (non-hydrogen) atoms. The van der Waals surface area contributed by atoms with Gasteiger partial charge in [0.2, 0.25) is 0 Å². The highest BCUT2D eigenvalue weighted by molar-refractivity contribution is 9.11. The van der Waals surface area contributed by atoms with Crippen LogP contribution in [0.5, 0.6) is 0 Å². The largest absolute Gasteiger partial charge is 0.279 e. The number of rotatable bonds is 3. The van der Waals surface area contributed by atoms with Gasteiger partial charge in [-0.1, -0.05) is 15.9 Å². The van der Waals surface area contributed by atoms with Crippen LogP contribution in [0.1, 0.15) is 16.7 Å². The molecule has 0 atom stereocenters. The molecule has 0 saturated heterocycles. The lowest BCUT2D eigenvalue weighted by atomic mass is 10.1. The molecule has 0 aliphatic heterocycles. The second-order valence-corrected chi connectivity index (χ2v) is 9.62. The molecule has 2 rings (SSSR count). The van der Waals surface area contributed by atoms with Crippen molar-refractivity contribution in [3.05, 3.63) is 43.1 Å². The zero-order chi connectivity index (χ0) is 15.1. The first kappa shape index (κ1) is 16.0. The average molecular weight is 439 g/mol. The van der Waals surface area contributed by atoms with Crippen LogP contribution in [0, 0.1) is 20.8 Å². The summed E-state index contributed by atoms with van der Waals surface area (Å²) in [5.74, 6) is 0. The predicted octanol–water partition coefficient (Wildman–Crippen LogP) is 5.00. The van der Waals surface area contributed by atoms with E-state index in [9.17, 15) is 8.42 Å². The van der Waals surface area contributed by atoms with Gasteiger partial charge in [0, 0.05) is 10.2 Å². The van der Waals surface area contributed by atoms with E-state index in [0.29, 0.717) is 9.90 Å². The molecule has 1 heterocycles. The fourth-order valence-corrected chi connectivity index (χ4v) is 5.27. The number of aryl methyl sites for hydroxylation is 3. The van der Waals surface area contributed by atoms with Crippen molar-refractivity contribution in [2.24, 2.45) is 0 Å². The van der Waals surface area contributed by atoms with Gasteiger partial charge in [0.05, 0.1) is 3.79 Å². The van der Waals surface area contributed by atoms with Gasteiger partial charge >= 0.3 is 0 Å². The molecule has 1 aromatic heterocycles.